The molecule has 2 N–H and O–H groups in total. The van der Waals surface area contributed by atoms with Gasteiger partial charge in [-0.15, -0.1) is 0 Å². The van der Waals surface area contributed by atoms with E-state index < -0.39 is 5.72 Å². The van der Waals surface area contributed by atoms with Gasteiger partial charge in [0.2, 0.25) is 0 Å². The van der Waals surface area contributed by atoms with E-state index in [4.69, 9.17) is 10.5 Å². The van der Waals surface area contributed by atoms with Crippen molar-refractivity contribution in [2.24, 2.45) is 11.7 Å². The second-order valence-electron chi connectivity index (χ2n) is 3.51. The summed E-state index contributed by atoms with van der Waals surface area (Å²) >= 11 is 0. The predicted molar refractivity (Wildman–Crippen MR) is 43.9 cm³/mol. The van der Waals surface area contributed by atoms with E-state index in [1.54, 1.807) is 0 Å². The highest BCUT2D eigenvalue weighted by molar-refractivity contribution is 5.23. The summed E-state index contributed by atoms with van der Waals surface area (Å²) < 4.78 is 5.30. The lowest BCUT2D eigenvalue weighted by molar-refractivity contribution is 0.332. The summed E-state index contributed by atoms with van der Waals surface area (Å²) in [5, 5.41) is 0. The molecule has 1 aliphatic carbocycles. The number of rotatable bonds is 1. The fourth-order valence-corrected chi connectivity index (χ4v) is 1.53. The van der Waals surface area contributed by atoms with Crippen LogP contribution in [-0.2, 0) is 4.74 Å². The van der Waals surface area contributed by atoms with Crippen LogP contribution in [-0.4, -0.2) is 11.8 Å². The minimum absolute atomic E-state index is 0.245. The van der Waals surface area contributed by atoms with Gasteiger partial charge in [-0.3, -0.25) is 5.73 Å². The van der Waals surface area contributed by atoms with Crippen LogP contribution in [0.4, 0.5) is 0 Å². The molecule has 1 heterocycles. The summed E-state index contributed by atoms with van der Waals surface area (Å²) in [5.74, 6) is 0.471. The van der Waals surface area contributed by atoms with Gasteiger partial charge in [0.05, 0.1) is 0 Å². The third-order valence-electron chi connectivity index (χ3n) is 2.48. The molecular formula is C9H13NO. The molecule has 0 bridgehead atoms. The average Bonchev–Trinajstić information content (AvgIpc) is 2.58. The summed E-state index contributed by atoms with van der Waals surface area (Å²) in [4.78, 5) is 0. The molecule has 1 aliphatic heterocycles. The molecular weight excluding hydrogens is 138 g/mol. The molecule has 0 saturated carbocycles. The Morgan fingerprint density at radius 2 is 2.55 bits per heavy atom. The minimum Gasteiger partial charge on any atom is -0.346 e. The van der Waals surface area contributed by atoms with Gasteiger partial charge in [-0.1, -0.05) is 18.2 Å². The van der Waals surface area contributed by atoms with Crippen LogP contribution in [0.2, 0.25) is 0 Å². The highest BCUT2D eigenvalue weighted by Gasteiger charge is 2.53. The van der Waals surface area contributed by atoms with Gasteiger partial charge in [0, 0.05) is 0 Å². The second-order valence-corrected chi connectivity index (χ2v) is 3.51. The Kier molecular flexibility index (Phi) is 1.26. The number of nitrogens with two attached hydrogens (primary N) is 1. The number of epoxide rings is 1. The highest BCUT2D eigenvalue weighted by atomic mass is 16.6. The first-order valence-electron chi connectivity index (χ1n) is 3.93. The zero-order valence-electron chi connectivity index (χ0n) is 6.71. The fraction of sp³-hybridized carbons (Fsp3) is 0.556. The van der Waals surface area contributed by atoms with Crippen LogP contribution in [0.15, 0.2) is 24.3 Å². The summed E-state index contributed by atoms with van der Waals surface area (Å²) in [6.07, 6.45) is 5.31. The van der Waals surface area contributed by atoms with E-state index in [2.05, 4.69) is 12.7 Å². The lowest BCUT2D eigenvalue weighted by Crippen LogP contribution is -2.28. The van der Waals surface area contributed by atoms with Gasteiger partial charge in [0.15, 0.2) is 5.72 Å². The molecule has 0 spiro atoms. The van der Waals surface area contributed by atoms with Gasteiger partial charge in [-0.05, 0) is 25.3 Å². The molecule has 2 nitrogen and oxygen atoms in total. The van der Waals surface area contributed by atoms with E-state index in [1.807, 2.05) is 13.0 Å². The van der Waals surface area contributed by atoms with Crippen molar-refractivity contribution in [2.75, 3.05) is 0 Å². The maximum Gasteiger partial charge on any atom is 0.163 e. The molecule has 0 amide bonds. The SMILES string of the molecule is C=C(C)[C@@H]1C=C[C@@]2(N)OC2C1. The first-order valence-corrected chi connectivity index (χ1v) is 3.93. The number of fused-ring (bicyclic) bond motifs is 1. The standard InChI is InChI=1S/C9H13NO/c1-6(2)7-3-4-9(10)8(5-7)11-9/h3-4,7-8H,1,5,10H2,2H3/t7-,8?,9-/m1/s1. The molecule has 60 valence electrons. The molecule has 2 heteroatoms. The third kappa shape index (κ3) is 1.03. The molecule has 0 aromatic carbocycles. The van der Waals surface area contributed by atoms with E-state index in [0.29, 0.717) is 5.92 Å². The topological polar surface area (TPSA) is 38.5 Å². The molecule has 1 saturated heterocycles. The number of ether oxygens (including phenoxy) is 1. The maximum atomic E-state index is 5.78. The van der Waals surface area contributed by atoms with Crippen molar-refractivity contribution in [3.8, 4) is 0 Å². The van der Waals surface area contributed by atoms with Crippen LogP contribution >= 0.6 is 0 Å². The van der Waals surface area contributed by atoms with Crippen molar-refractivity contribution in [1.82, 2.24) is 0 Å². The van der Waals surface area contributed by atoms with Crippen molar-refractivity contribution >= 4 is 0 Å². The normalized spacial score (nSPS) is 46.7. The Balaban J connectivity index is 2.12. The van der Waals surface area contributed by atoms with E-state index in [9.17, 15) is 0 Å². The Bertz CT molecular complexity index is 234. The molecule has 2 rings (SSSR count). The summed E-state index contributed by atoms with van der Waals surface area (Å²) in [6.45, 7) is 5.95. The Labute approximate surface area is 66.7 Å². The van der Waals surface area contributed by atoms with Crippen molar-refractivity contribution in [3.05, 3.63) is 24.3 Å². The van der Waals surface area contributed by atoms with Crippen molar-refractivity contribution in [1.29, 1.82) is 0 Å². The molecule has 2 aliphatic rings. The van der Waals surface area contributed by atoms with E-state index in [0.717, 1.165) is 6.42 Å². The fourth-order valence-electron chi connectivity index (χ4n) is 1.53. The zero-order valence-corrected chi connectivity index (χ0v) is 6.71. The Hall–Kier alpha value is -0.600. The van der Waals surface area contributed by atoms with E-state index >= 15 is 0 Å². The van der Waals surface area contributed by atoms with Crippen LogP contribution in [0.3, 0.4) is 0 Å². The first-order chi connectivity index (χ1) is 5.12. The monoisotopic (exact) mass is 151 g/mol. The van der Waals surface area contributed by atoms with Gasteiger partial charge >= 0.3 is 0 Å². The van der Waals surface area contributed by atoms with Gasteiger partial charge in [-0.2, -0.15) is 0 Å². The van der Waals surface area contributed by atoms with Gasteiger partial charge in [0.1, 0.15) is 6.10 Å². The number of allylic oxidation sites excluding steroid dienone is 2. The van der Waals surface area contributed by atoms with Gasteiger partial charge < -0.3 is 4.74 Å². The number of hydrogen-bond acceptors (Lipinski definition) is 2. The molecule has 1 fully saturated rings. The predicted octanol–water partition coefficient (Wildman–Crippen LogP) is 1.19. The van der Waals surface area contributed by atoms with Crippen LogP contribution in [0.5, 0.6) is 0 Å². The minimum atomic E-state index is -0.411. The van der Waals surface area contributed by atoms with Crippen LogP contribution in [0.25, 0.3) is 0 Å². The number of hydrogen-bond donors (Lipinski definition) is 1. The third-order valence-corrected chi connectivity index (χ3v) is 2.48. The second kappa shape index (κ2) is 1.96. The lowest BCUT2D eigenvalue weighted by atomic mass is 9.89. The molecule has 11 heavy (non-hydrogen) atoms. The summed E-state index contributed by atoms with van der Waals surface area (Å²) in [7, 11) is 0. The van der Waals surface area contributed by atoms with E-state index in [-0.39, 0.29) is 6.10 Å². The largest absolute Gasteiger partial charge is 0.346 e. The molecule has 0 aromatic rings. The lowest BCUT2D eigenvalue weighted by Gasteiger charge is -2.15. The smallest absolute Gasteiger partial charge is 0.163 e. The Morgan fingerprint density at radius 3 is 3.09 bits per heavy atom. The van der Waals surface area contributed by atoms with E-state index in [1.165, 1.54) is 5.57 Å². The highest BCUT2D eigenvalue weighted by Crippen LogP contribution is 2.42. The van der Waals surface area contributed by atoms with Gasteiger partial charge in [0.25, 0.3) is 0 Å². The van der Waals surface area contributed by atoms with Crippen LogP contribution < -0.4 is 5.73 Å². The summed E-state index contributed by atoms with van der Waals surface area (Å²) in [6, 6.07) is 0. The maximum absolute atomic E-state index is 5.78. The van der Waals surface area contributed by atoms with Crippen molar-refractivity contribution < 1.29 is 4.74 Å². The molecule has 0 aromatic heterocycles. The zero-order chi connectivity index (χ0) is 8.06. The summed E-state index contributed by atoms with van der Waals surface area (Å²) in [5.41, 5.74) is 6.56. The molecule has 1 unspecified atom stereocenters. The average molecular weight is 151 g/mol. The van der Waals surface area contributed by atoms with Crippen molar-refractivity contribution in [2.45, 2.75) is 25.2 Å². The first kappa shape index (κ1) is 7.07. The van der Waals surface area contributed by atoms with Crippen LogP contribution in [0.1, 0.15) is 13.3 Å². The van der Waals surface area contributed by atoms with Crippen LogP contribution in [0, 0.1) is 5.92 Å². The molecule has 3 atom stereocenters. The molecule has 0 radical (unpaired) electrons. The Morgan fingerprint density at radius 1 is 1.82 bits per heavy atom. The van der Waals surface area contributed by atoms with Crippen molar-refractivity contribution in [3.63, 3.8) is 0 Å². The van der Waals surface area contributed by atoms with Gasteiger partial charge in [-0.25, -0.2) is 0 Å². The quantitative estimate of drug-likeness (QED) is 0.451.